The molecule has 1 aromatic carbocycles. The molecular formula is C14H11FN2O2. The molecule has 0 aliphatic heterocycles. The fraction of sp³-hybridized carbons (Fsp3) is 0.143. The van der Waals surface area contributed by atoms with Crippen molar-refractivity contribution in [1.82, 2.24) is 9.55 Å². The third-order valence-corrected chi connectivity index (χ3v) is 2.63. The Bertz CT molecular complexity index is 691. The molecule has 2 aromatic rings. The molecule has 0 aliphatic rings. The molecule has 0 bridgehead atoms. The molecule has 1 N–H and O–H groups in total. The number of aromatic carboxylic acids is 1. The maximum Gasteiger partial charge on any atom is 0.354 e. The number of aryl methyl sites for hydroxylation is 1. The van der Waals surface area contributed by atoms with Gasteiger partial charge in [0.2, 0.25) is 0 Å². The van der Waals surface area contributed by atoms with Crippen LogP contribution >= 0.6 is 0 Å². The van der Waals surface area contributed by atoms with E-state index in [1.807, 2.05) is 0 Å². The van der Waals surface area contributed by atoms with Gasteiger partial charge in [-0.3, -0.25) is 0 Å². The lowest BCUT2D eigenvalue weighted by Gasteiger charge is -1.97. The number of carboxylic acids is 1. The van der Waals surface area contributed by atoms with Crippen molar-refractivity contribution in [3.8, 4) is 11.8 Å². The Morgan fingerprint density at radius 3 is 2.47 bits per heavy atom. The third kappa shape index (κ3) is 2.63. The lowest BCUT2D eigenvalue weighted by atomic mass is 10.2. The first-order chi connectivity index (χ1) is 8.99. The fourth-order valence-electron chi connectivity index (χ4n) is 1.71. The number of halogens is 1. The van der Waals surface area contributed by atoms with E-state index in [1.54, 1.807) is 26.1 Å². The minimum atomic E-state index is -1.04. The Hall–Kier alpha value is -2.61. The Labute approximate surface area is 109 Å². The quantitative estimate of drug-likeness (QED) is 0.795. The number of carbonyl (C=O) groups is 1. The number of imidazole rings is 1. The molecular weight excluding hydrogens is 247 g/mol. The molecule has 0 fully saturated rings. The van der Waals surface area contributed by atoms with Gasteiger partial charge in [0.25, 0.3) is 0 Å². The van der Waals surface area contributed by atoms with E-state index in [2.05, 4.69) is 16.8 Å². The first-order valence-corrected chi connectivity index (χ1v) is 5.53. The standard InChI is InChI=1S/C14H11FN2O2/c1-9-13(14(18)19)17(2)12(16-9)8-5-10-3-6-11(15)7-4-10/h3-4,6-7H,1-2H3,(H,18,19). The molecule has 0 saturated carbocycles. The zero-order chi connectivity index (χ0) is 14.0. The normalized spacial score (nSPS) is 9.84. The summed E-state index contributed by atoms with van der Waals surface area (Å²) in [6.07, 6.45) is 0. The van der Waals surface area contributed by atoms with Gasteiger partial charge in [-0.15, -0.1) is 0 Å². The summed E-state index contributed by atoms with van der Waals surface area (Å²) in [6, 6.07) is 5.74. The van der Waals surface area contributed by atoms with Gasteiger partial charge in [0.05, 0.1) is 5.69 Å². The van der Waals surface area contributed by atoms with E-state index in [4.69, 9.17) is 5.11 Å². The van der Waals surface area contributed by atoms with Crippen molar-refractivity contribution >= 4 is 5.97 Å². The molecule has 1 heterocycles. The number of benzene rings is 1. The number of aromatic nitrogens is 2. The van der Waals surface area contributed by atoms with Crippen LogP contribution in [-0.4, -0.2) is 20.6 Å². The van der Waals surface area contributed by atoms with Crippen LogP contribution in [0.2, 0.25) is 0 Å². The van der Waals surface area contributed by atoms with Crippen molar-refractivity contribution in [3.05, 3.63) is 52.9 Å². The molecule has 5 heteroatoms. The maximum atomic E-state index is 12.7. The van der Waals surface area contributed by atoms with Crippen LogP contribution in [-0.2, 0) is 7.05 Å². The Morgan fingerprint density at radius 1 is 1.32 bits per heavy atom. The smallest absolute Gasteiger partial charge is 0.354 e. The summed E-state index contributed by atoms with van der Waals surface area (Å²) in [5.41, 5.74) is 1.17. The van der Waals surface area contributed by atoms with Crippen LogP contribution in [0.4, 0.5) is 4.39 Å². The average Bonchev–Trinajstić information content (AvgIpc) is 2.63. The summed E-state index contributed by atoms with van der Waals surface area (Å²) in [4.78, 5) is 15.1. The zero-order valence-corrected chi connectivity index (χ0v) is 10.4. The SMILES string of the molecule is Cc1nc(C#Cc2ccc(F)cc2)n(C)c1C(=O)O. The molecule has 0 aliphatic carbocycles. The first kappa shape index (κ1) is 12.8. The van der Waals surface area contributed by atoms with Crippen molar-refractivity contribution in [2.75, 3.05) is 0 Å². The second-order valence-electron chi connectivity index (χ2n) is 3.99. The van der Waals surface area contributed by atoms with Crippen molar-refractivity contribution in [1.29, 1.82) is 0 Å². The molecule has 0 radical (unpaired) electrons. The van der Waals surface area contributed by atoms with Crippen LogP contribution in [0.15, 0.2) is 24.3 Å². The van der Waals surface area contributed by atoms with Crippen LogP contribution in [0.5, 0.6) is 0 Å². The Morgan fingerprint density at radius 2 is 1.95 bits per heavy atom. The summed E-state index contributed by atoms with van der Waals surface area (Å²) in [6.45, 7) is 1.62. The van der Waals surface area contributed by atoms with Crippen LogP contribution in [0.25, 0.3) is 0 Å². The van der Waals surface area contributed by atoms with Crippen LogP contribution < -0.4 is 0 Å². The molecule has 96 valence electrons. The van der Waals surface area contributed by atoms with Crippen molar-refractivity contribution < 1.29 is 14.3 Å². The lowest BCUT2D eigenvalue weighted by molar-refractivity contribution is 0.0685. The van der Waals surface area contributed by atoms with Gasteiger partial charge in [-0.05, 0) is 37.1 Å². The van der Waals surface area contributed by atoms with E-state index in [0.29, 0.717) is 17.1 Å². The molecule has 0 spiro atoms. The van der Waals surface area contributed by atoms with Crippen molar-refractivity contribution in [2.24, 2.45) is 7.05 Å². The van der Waals surface area contributed by atoms with E-state index in [0.717, 1.165) is 0 Å². The van der Waals surface area contributed by atoms with Crippen LogP contribution in [0.1, 0.15) is 27.6 Å². The van der Waals surface area contributed by atoms with Gasteiger partial charge < -0.3 is 9.67 Å². The highest BCUT2D eigenvalue weighted by atomic mass is 19.1. The van der Waals surface area contributed by atoms with E-state index in [9.17, 15) is 9.18 Å². The second kappa shape index (κ2) is 4.94. The van der Waals surface area contributed by atoms with Gasteiger partial charge in [0, 0.05) is 12.6 Å². The van der Waals surface area contributed by atoms with Crippen LogP contribution in [0, 0.1) is 24.6 Å². The molecule has 0 amide bonds. The Balaban J connectivity index is 2.38. The van der Waals surface area contributed by atoms with Gasteiger partial charge in [0.15, 0.2) is 11.5 Å². The fourth-order valence-corrected chi connectivity index (χ4v) is 1.71. The largest absolute Gasteiger partial charge is 0.477 e. The summed E-state index contributed by atoms with van der Waals surface area (Å²) >= 11 is 0. The summed E-state index contributed by atoms with van der Waals surface area (Å²) in [5.74, 6) is 4.59. The van der Waals surface area contributed by atoms with Crippen molar-refractivity contribution in [2.45, 2.75) is 6.92 Å². The van der Waals surface area contributed by atoms with Crippen molar-refractivity contribution in [3.63, 3.8) is 0 Å². The van der Waals surface area contributed by atoms with Gasteiger partial charge in [-0.2, -0.15) is 0 Å². The maximum absolute atomic E-state index is 12.7. The van der Waals surface area contributed by atoms with Gasteiger partial charge in [0.1, 0.15) is 5.82 Å². The molecule has 4 nitrogen and oxygen atoms in total. The highest BCUT2D eigenvalue weighted by Crippen LogP contribution is 2.09. The van der Waals surface area contributed by atoms with Crippen LogP contribution in [0.3, 0.4) is 0 Å². The minimum Gasteiger partial charge on any atom is -0.477 e. The summed E-state index contributed by atoms with van der Waals surface area (Å²) < 4.78 is 14.2. The lowest BCUT2D eigenvalue weighted by Crippen LogP contribution is -2.07. The number of carboxylic acid groups (broad SMARTS) is 1. The van der Waals surface area contributed by atoms with E-state index >= 15 is 0 Å². The van der Waals surface area contributed by atoms with E-state index < -0.39 is 5.97 Å². The highest BCUT2D eigenvalue weighted by molar-refractivity contribution is 5.87. The highest BCUT2D eigenvalue weighted by Gasteiger charge is 2.15. The number of nitrogens with zero attached hydrogens (tertiary/aromatic N) is 2. The third-order valence-electron chi connectivity index (χ3n) is 2.63. The molecule has 0 atom stereocenters. The minimum absolute atomic E-state index is 0.114. The zero-order valence-electron chi connectivity index (χ0n) is 10.4. The Kier molecular flexibility index (Phi) is 3.34. The predicted octanol–water partition coefficient (Wildman–Crippen LogP) is 1.97. The molecule has 2 rings (SSSR count). The molecule has 1 aromatic heterocycles. The first-order valence-electron chi connectivity index (χ1n) is 5.53. The summed E-state index contributed by atoms with van der Waals surface area (Å²) in [5, 5.41) is 9.02. The van der Waals surface area contributed by atoms with Gasteiger partial charge >= 0.3 is 5.97 Å². The molecule has 0 unspecified atom stereocenters. The molecule has 0 saturated heterocycles. The second-order valence-corrected chi connectivity index (χ2v) is 3.99. The van der Waals surface area contributed by atoms with E-state index in [-0.39, 0.29) is 11.5 Å². The predicted molar refractivity (Wildman–Crippen MR) is 67.3 cm³/mol. The topological polar surface area (TPSA) is 55.1 Å². The number of hydrogen-bond acceptors (Lipinski definition) is 2. The molecule has 19 heavy (non-hydrogen) atoms. The van der Waals surface area contributed by atoms with Gasteiger partial charge in [-0.1, -0.05) is 5.92 Å². The summed E-state index contributed by atoms with van der Waals surface area (Å²) in [7, 11) is 1.60. The average molecular weight is 258 g/mol. The van der Waals surface area contributed by atoms with E-state index in [1.165, 1.54) is 16.7 Å². The monoisotopic (exact) mass is 258 g/mol. The number of rotatable bonds is 1. The number of hydrogen-bond donors (Lipinski definition) is 1. The van der Waals surface area contributed by atoms with Gasteiger partial charge in [-0.25, -0.2) is 14.2 Å².